The molecule has 0 unspecified atom stereocenters. The number of hydrogen-bond donors (Lipinski definition) is 2. The van der Waals surface area contributed by atoms with Crippen molar-refractivity contribution in [3.63, 3.8) is 0 Å². The molecule has 0 aliphatic carbocycles. The Balaban J connectivity index is 2.12. The standard InChI is InChI=1S/C11H12BrN3O2/c12-11-7(2-1-3-8(11)13)4-15-5-9(16)14-10(17)6-15/h1-3H,4-6,13H2,(H,14,16,17). The second-order valence-corrected chi connectivity index (χ2v) is 4.73. The van der Waals surface area contributed by atoms with Gasteiger partial charge in [0.05, 0.1) is 13.1 Å². The SMILES string of the molecule is Nc1cccc(CN2CC(=O)NC(=O)C2)c1Br. The maximum Gasteiger partial charge on any atom is 0.240 e. The Morgan fingerprint density at radius 3 is 2.59 bits per heavy atom. The predicted molar refractivity (Wildman–Crippen MR) is 67.0 cm³/mol. The number of nitrogen functional groups attached to an aromatic ring is 1. The molecule has 0 spiro atoms. The van der Waals surface area contributed by atoms with Gasteiger partial charge in [0.25, 0.3) is 0 Å². The Hall–Kier alpha value is -1.40. The largest absolute Gasteiger partial charge is 0.398 e. The first kappa shape index (κ1) is 12.1. The van der Waals surface area contributed by atoms with Crippen LogP contribution >= 0.6 is 15.9 Å². The first-order chi connectivity index (χ1) is 8.06. The smallest absolute Gasteiger partial charge is 0.240 e. The first-order valence-corrected chi connectivity index (χ1v) is 5.93. The fraction of sp³-hybridized carbons (Fsp3) is 0.273. The van der Waals surface area contributed by atoms with E-state index in [0.717, 1.165) is 10.0 Å². The number of benzene rings is 1. The zero-order valence-corrected chi connectivity index (χ0v) is 10.7. The van der Waals surface area contributed by atoms with Crippen molar-refractivity contribution in [3.05, 3.63) is 28.2 Å². The molecule has 1 aliphatic rings. The van der Waals surface area contributed by atoms with Crippen molar-refractivity contribution in [2.75, 3.05) is 18.8 Å². The quantitative estimate of drug-likeness (QED) is 0.615. The molecular formula is C11H12BrN3O2. The summed E-state index contributed by atoms with van der Waals surface area (Å²) in [7, 11) is 0. The molecule has 2 amide bonds. The third-order valence-corrected chi connectivity index (χ3v) is 3.48. The Kier molecular flexibility index (Phi) is 3.44. The lowest BCUT2D eigenvalue weighted by Gasteiger charge is -2.25. The van der Waals surface area contributed by atoms with E-state index >= 15 is 0 Å². The molecular weight excluding hydrogens is 286 g/mol. The maximum absolute atomic E-state index is 11.2. The number of anilines is 1. The minimum atomic E-state index is -0.263. The predicted octanol–water partition coefficient (Wildman–Crippen LogP) is 0.490. The van der Waals surface area contributed by atoms with Gasteiger partial charge in [0.2, 0.25) is 11.8 Å². The molecule has 1 saturated heterocycles. The topological polar surface area (TPSA) is 75.4 Å². The summed E-state index contributed by atoms with van der Waals surface area (Å²) in [6, 6.07) is 5.56. The van der Waals surface area contributed by atoms with Gasteiger partial charge < -0.3 is 5.73 Å². The number of nitrogens with one attached hydrogen (secondary N) is 1. The van der Waals surface area contributed by atoms with E-state index in [4.69, 9.17) is 5.73 Å². The molecule has 5 nitrogen and oxygen atoms in total. The van der Waals surface area contributed by atoms with Crippen molar-refractivity contribution in [1.82, 2.24) is 10.2 Å². The van der Waals surface area contributed by atoms with E-state index < -0.39 is 0 Å². The van der Waals surface area contributed by atoms with E-state index in [1.54, 1.807) is 11.0 Å². The Labute approximate surface area is 107 Å². The number of hydrogen-bond acceptors (Lipinski definition) is 4. The molecule has 1 aromatic rings. The van der Waals surface area contributed by atoms with Gasteiger partial charge in [-0.1, -0.05) is 12.1 Å². The minimum absolute atomic E-state index is 0.229. The molecule has 0 radical (unpaired) electrons. The summed E-state index contributed by atoms with van der Waals surface area (Å²) in [6.07, 6.45) is 0. The van der Waals surface area contributed by atoms with Crippen LogP contribution in [0.3, 0.4) is 0 Å². The van der Waals surface area contributed by atoms with Crippen molar-refractivity contribution in [2.45, 2.75) is 6.54 Å². The van der Waals surface area contributed by atoms with E-state index in [9.17, 15) is 9.59 Å². The van der Waals surface area contributed by atoms with Gasteiger partial charge >= 0.3 is 0 Å². The zero-order chi connectivity index (χ0) is 12.4. The minimum Gasteiger partial charge on any atom is -0.398 e. The Morgan fingerprint density at radius 1 is 1.29 bits per heavy atom. The van der Waals surface area contributed by atoms with Crippen molar-refractivity contribution >= 4 is 33.4 Å². The van der Waals surface area contributed by atoms with Gasteiger partial charge in [-0.2, -0.15) is 0 Å². The van der Waals surface area contributed by atoms with Crippen LogP contribution in [0.2, 0.25) is 0 Å². The van der Waals surface area contributed by atoms with Gasteiger partial charge in [-0.3, -0.25) is 19.8 Å². The van der Waals surface area contributed by atoms with Crippen LogP contribution in [0.4, 0.5) is 5.69 Å². The van der Waals surface area contributed by atoms with Crippen molar-refractivity contribution in [3.8, 4) is 0 Å². The van der Waals surface area contributed by atoms with E-state index in [-0.39, 0.29) is 24.9 Å². The fourth-order valence-electron chi connectivity index (χ4n) is 1.77. The van der Waals surface area contributed by atoms with Gasteiger partial charge in [0.15, 0.2) is 0 Å². The van der Waals surface area contributed by atoms with Crippen LogP contribution in [0.1, 0.15) is 5.56 Å². The van der Waals surface area contributed by atoms with E-state index in [2.05, 4.69) is 21.2 Å². The number of nitrogens with zero attached hydrogens (tertiary/aromatic N) is 1. The first-order valence-electron chi connectivity index (χ1n) is 5.14. The molecule has 3 N–H and O–H groups in total. The summed E-state index contributed by atoms with van der Waals surface area (Å²) in [5, 5.41) is 2.27. The number of carbonyl (C=O) groups is 2. The van der Waals surface area contributed by atoms with E-state index in [0.29, 0.717) is 12.2 Å². The van der Waals surface area contributed by atoms with Gasteiger partial charge in [0.1, 0.15) is 0 Å². The average molecular weight is 298 g/mol. The molecule has 2 rings (SSSR count). The number of rotatable bonds is 2. The van der Waals surface area contributed by atoms with Crippen molar-refractivity contribution in [1.29, 1.82) is 0 Å². The van der Waals surface area contributed by atoms with Gasteiger partial charge in [-0.25, -0.2) is 0 Å². The van der Waals surface area contributed by atoms with Gasteiger partial charge in [-0.05, 0) is 27.6 Å². The molecule has 6 heteroatoms. The summed E-state index contributed by atoms with van der Waals surface area (Å²) in [5.41, 5.74) is 7.38. The number of halogens is 1. The molecule has 90 valence electrons. The number of carbonyl (C=O) groups excluding carboxylic acids is 2. The van der Waals surface area contributed by atoms with Crippen LogP contribution in [-0.2, 0) is 16.1 Å². The van der Waals surface area contributed by atoms with E-state index in [1.807, 2.05) is 12.1 Å². The van der Waals surface area contributed by atoms with Crippen molar-refractivity contribution in [2.24, 2.45) is 0 Å². The van der Waals surface area contributed by atoms with Crippen molar-refractivity contribution < 1.29 is 9.59 Å². The second-order valence-electron chi connectivity index (χ2n) is 3.94. The molecule has 1 aromatic carbocycles. The third kappa shape index (κ3) is 2.83. The van der Waals surface area contributed by atoms with Gasteiger partial charge in [-0.15, -0.1) is 0 Å². The molecule has 1 heterocycles. The lowest BCUT2D eigenvalue weighted by atomic mass is 10.2. The number of amides is 2. The summed E-state index contributed by atoms with van der Waals surface area (Å²) < 4.78 is 0.818. The molecule has 0 bridgehead atoms. The van der Waals surface area contributed by atoms with Crippen LogP contribution < -0.4 is 11.1 Å². The number of piperazine rings is 1. The monoisotopic (exact) mass is 297 g/mol. The summed E-state index contributed by atoms with van der Waals surface area (Å²) in [5.74, 6) is -0.525. The third-order valence-electron chi connectivity index (χ3n) is 2.52. The number of imide groups is 1. The molecule has 0 saturated carbocycles. The maximum atomic E-state index is 11.2. The highest BCUT2D eigenvalue weighted by Gasteiger charge is 2.22. The molecule has 0 atom stereocenters. The summed E-state index contributed by atoms with van der Waals surface area (Å²) >= 11 is 3.40. The van der Waals surface area contributed by atoms with Crippen LogP contribution in [0.5, 0.6) is 0 Å². The lowest BCUT2D eigenvalue weighted by molar-refractivity contribution is -0.136. The zero-order valence-electron chi connectivity index (χ0n) is 9.07. The molecule has 1 aliphatic heterocycles. The summed E-state index contributed by atoms with van der Waals surface area (Å²) in [6.45, 7) is 0.977. The summed E-state index contributed by atoms with van der Waals surface area (Å²) in [4.78, 5) is 24.2. The lowest BCUT2D eigenvalue weighted by Crippen LogP contribution is -2.50. The highest BCUT2D eigenvalue weighted by molar-refractivity contribution is 9.10. The highest BCUT2D eigenvalue weighted by atomic mass is 79.9. The van der Waals surface area contributed by atoms with E-state index in [1.165, 1.54) is 0 Å². The van der Waals surface area contributed by atoms with Crippen LogP contribution in [0.25, 0.3) is 0 Å². The number of nitrogens with two attached hydrogens (primary N) is 1. The molecule has 0 aromatic heterocycles. The average Bonchev–Trinajstić information content (AvgIpc) is 2.23. The fourth-order valence-corrected chi connectivity index (χ4v) is 2.16. The molecule has 17 heavy (non-hydrogen) atoms. The van der Waals surface area contributed by atoms with Crippen LogP contribution in [0, 0.1) is 0 Å². The second kappa shape index (κ2) is 4.85. The Bertz CT molecular complexity index is 460. The normalized spacial score (nSPS) is 17.0. The van der Waals surface area contributed by atoms with Crippen LogP contribution in [0.15, 0.2) is 22.7 Å². The van der Waals surface area contributed by atoms with Crippen LogP contribution in [-0.4, -0.2) is 29.8 Å². The highest BCUT2D eigenvalue weighted by Crippen LogP contribution is 2.24. The molecule has 1 fully saturated rings. The van der Waals surface area contributed by atoms with Gasteiger partial charge in [0, 0.05) is 16.7 Å². The Morgan fingerprint density at radius 2 is 1.94 bits per heavy atom.